The van der Waals surface area contributed by atoms with Gasteiger partial charge in [-0.2, -0.15) is 11.8 Å². The normalized spacial score (nSPS) is 16.1. The third kappa shape index (κ3) is 4.42. The number of methoxy groups -OCH3 is 1. The summed E-state index contributed by atoms with van der Waals surface area (Å²) in [6.45, 7) is 0. The fraction of sp³-hybridized carbons (Fsp3) is 0.500. The van der Waals surface area contributed by atoms with Crippen LogP contribution < -0.4 is 5.73 Å². The van der Waals surface area contributed by atoms with Crippen molar-refractivity contribution in [2.75, 3.05) is 18.6 Å². The van der Waals surface area contributed by atoms with Gasteiger partial charge < -0.3 is 10.5 Å². The number of rotatable bonds is 6. The molecule has 1 aliphatic rings. The average Bonchev–Trinajstić information content (AvgIpc) is 3.07. The molecule has 0 atom stereocenters. The van der Waals surface area contributed by atoms with Crippen molar-refractivity contribution in [2.45, 2.75) is 25.0 Å². The molecule has 5 heteroatoms. The van der Waals surface area contributed by atoms with E-state index in [1.54, 1.807) is 0 Å². The fourth-order valence-corrected chi connectivity index (χ4v) is 3.96. The third-order valence-electron chi connectivity index (χ3n) is 3.36. The van der Waals surface area contributed by atoms with Crippen molar-refractivity contribution >= 4 is 39.3 Å². The second-order valence-corrected chi connectivity index (χ2v) is 7.04. The number of nitrogen functional groups attached to an aromatic ring is 1. The Hall–Kier alpha value is -0.680. The standard InChI is InChI=1S/C14H18BrNO2S/c1-18-13(17)7-14(2-3-14)9-19-8-10-4-11(15)6-12(16)5-10/h4-6H,2-3,7-9,16H2,1H3. The Kier molecular flexibility index (Phi) is 4.79. The van der Waals surface area contributed by atoms with Gasteiger partial charge in [0, 0.05) is 15.9 Å². The van der Waals surface area contributed by atoms with E-state index in [0.717, 1.165) is 34.5 Å². The molecule has 2 rings (SSSR count). The summed E-state index contributed by atoms with van der Waals surface area (Å²) in [7, 11) is 1.45. The van der Waals surface area contributed by atoms with Crippen molar-refractivity contribution in [1.82, 2.24) is 0 Å². The number of hydrogen-bond acceptors (Lipinski definition) is 4. The van der Waals surface area contributed by atoms with E-state index in [1.165, 1.54) is 12.7 Å². The number of carbonyl (C=O) groups excluding carboxylic acids is 1. The first-order chi connectivity index (χ1) is 9.03. The molecule has 104 valence electrons. The molecule has 0 heterocycles. The molecule has 0 bridgehead atoms. The molecule has 1 saturated carbocycles. The van der Waals surface area contributed by atoms with Crippen LogP contribution in [0.25, 0.3) is 0 Å². The van der Waals surface area contributed by atoms with E-state index in [2.05, 4.69) is 22.0 Å². The molecule has 0 aromatic heterocycles. The molecule has 3 nitrogen and oxygen atoms in total. The lowest BCUT2D eigenvalue weighted by molar-refractivity contribution is -0.141. The summed E-state index contributed by atoms with van der Waals surface area (Å²) in [5.41, 5.74) is 7.99. The molecule has 19 heavy (non-hydrogen) atoms. The number of benzene rings is 1. The van der Waals surface area contributed by atoms with E-state index in [4.69, 9.17) is 10.5 Å². The minimum absolute atomic E-state index is 0.0928. The number of halogens is 1. The van der Waals surface area contributed by atoms with Gasteiger partial charge in [-0.15, -0.1) is 0 Å². The zero-order chi connectivity index (χ0) is 13.9. The minimum Gasteiger partial charge on any atom is -0.469 e. The smallest absolute Gasteiger partial charge is 0.306 e. The van der Waals surface area contributed by atoms with Crippen LogP contribution in [0.5, 0.6) is 0 Å². The SMILES string of the molecule is COC(=O)CC1(CSCc2cc(N)cc(Br)c2)CC1. The maximum absolute atomic E-state index is 11.3. The highest BCUT2D eigenvalue weighted by Crippen LogP contribution is 2.51. The Labute approximate surface area is 126 Å². The lowest BCUT2D eigenvalue weighted by Gasteiger charge is -2.13. The minimum atomic E-state index is -0.0928. The molecule has 1 fully saturated rings. The van der Waals surface area contributed by atoms with Gasteiger partial charge in [-0.05, 0) is 47.8 Å². The largest absolute Gasteiger partial charge is 0.469 e. The van der Waals surface area contributed by atoms with Crippen LogP contribution in [0.15, 0.2) is 22.7 Å². The van der Waals surface area contributed by atoms with Crippen LogP contribution in [0, 0.1) is 5.41 Å². The summed E-state index contributed by atoms with van der Waals surface area (Å²) in [6, 6.07) is 5.98. The van der Waals surface area contributed by atoms with Gasteiger partial charge in [0.05, 0.1) is 13.5 Å². The van der Waals surface area contributed by atoms with Crippen LogP contribution in [0.1, 0.15) is 24.8 Å². The topological polar surface area (TPSA) is 52.3 Å². The summed E-state index contributed by atoms with van der Waals surface area (Å²) in [4.78, 5) is 11.3. The monoisotopic (exact) mass is 343 g/mol. The summed E-state index contributed by atoms with van der Waals surface area (Å²) >= 11 is 5.31. The number of thioether (sulfide) groups is 1. The molecule has 0 spiro atoms. The lowest BCUT2D eigenvalue weighted by atomic mass is 10.1. The second kappa shape index (κ2) is 6.18. The van der Waals surface area contributed by atoms with Gasteiger partial charge >= 0.3 is 5.97 Å². The zero-order valence-corrected chi connectivity index (χ0v) is 13.4. The highest BCUT2D eigenvalue weighted by Gasteiger charge is 2.44. The van der Waals surface area contributed by atoms with Gasteiger partial charge in [-0.3, -0.25) is 4.79 Å². The van der Waals surface area contributed by atoms with E-state index in [-0.39, 0.29) is 11.4 Å². The van der Waals surface area contributed by atoms with E-state index in [9.17, 15) is 4.79 Å². The molecular formula is C14H18BrNO2S. The van der Waals surface area contributed by atoms with Crippen molar-refractivity contribution in [2.24, 2.45) is 5.41 Å². The Morgan fingerprint density at radius 1 is 1.47 bits per heavy atom. The maximum atomic E-state index is 11.3. The number of hydrogen-bond donors (Lipinski definition) is 1. The Balaban J connectivity index is 1.82. The highest BCUT2D eigenvalue weighted by molar-refractivity contribution is 9.10. The van der Waals surface area contributed by atoms with Gasteiger partial charge in [-0.25, -0.2) is 0 Å². The Morgan fingerprint density at radius 3 is 2.79 bits per heavy atom. The number of nitrogens with two attached hydrogens (primary N) is 1. The van der Waals surface area contributed by atoms with E-state index >= 15 is 0 Å². The van der Waals surface area contributed by atoms with Gasteiger partial charge in [0.25, 0.3) is 0 Å². The zero-order valence-electron chi connectivity index (χ0n) is 10.9. The van der Waals surface area contributed by atoms with Crippen LogP contribution in [-0.2, 0) is 15.3 Å². The van der Waals surface area contributed by atoms with Gasteiger partial charge in [0.2, 0.25) is 0 Å². The first-order valence-electron chi connectivity index (χ1n) is 6.22. The number of carbonyl (C=O) groups is 1. The van der Waals surface area contributed by atoms with Crippen molar-refractivity contribution < 1.29 is 9.53 Å². The van der Waals surface area contributed by atoms with E-state index in [1.807, 2.05) is 23.9 Å². The van der Waals surface area contributed by atoms with Crippen LogP contribution in [0.2, 0.25) is 0 Å². The number of ether oxygens (including phenoxy) is 1. The van der Waals surface area contributed by atoms with Crippen molar-refractivity contribution in [1.29, 1.82) is 0 Å². The van der Waals surface area contributed by atoms with Gasteiger partial charge in [-0.1, -0.05) is 15.9 Å². The van der Waals surface area contributed by atoms with Crippen LogP contribution in [0.4, 0.5) is 5.69 Å². The molecule has 1 aromatic carbocycles. The second-order valence-electron chi connectivity index (χ2n) is 5.14. The summed E-state index contributed by atoms with van der Waals surface area (Å²) in [6.07, 6.45) is 2.82. The molecule has 1 aromatic rings. The molecule has 0 saturated heterocycles. The summed E-state index contributed by atoms with van der Waals surface area (Å²) in [5, 5.41) is 0. The molecule has 0 aliphatic heterocycles. The fourth-order valence-electron chi connectivity index (χ4n) is 2.07. The number of anilines is 1. The number of esters is 1. The Morgan fingerprint density at radius 2 is 2.21 bits per heavy atom. The van der Waals surface area contributed by atoms with Crippen molar-refractivity contribution in [3.05, 3.63) is 28.2 Å². The van der Waals surface area contributed by atoms with E-state index < -0.39 is 0 Å². The summed E-state index contributed by atoms with van der Waals surface area (Å²) < 4.78 is 5.76. The molecule has 0 amide bonds. The maximum Gasteiger partial charge on any atom is 0.306 e. The molecular weight excluding hydrogens is 326 g/mol. The average molecular weight is 344 g/mol. The Bertz CT molecular complexity index is 454. The van der Waals surface area contributed by atoms with Crippen LogP contribution >= 0.6 is 27.7 Å². The third-order valence-corrected chi connectivity index (χ3v) is 5.17. The van der Waals surface area contributed by atoms with Crippen molar-refractivity contribution in [3.8, 4) is 0 Å². The predicted molar refractivity (Wildman–Crippen MR) is 83.0 cm³/mol. The summed E-state index contributed by atoms with van der Waals surface area (Å²) in [5.74, 6) is 1.84. The first-order valence-corrected chi connectivity index (χ1v) is 8.17. The molecule has 2 N–H and O–H groups in total. The first kappa shape index (κ1) is 14.7. The highest BCUT2D eigenvalue weighted by atomic mass is 79.9. The molecule has 0 radical (unpaired) electrons. The van der Waals surface area contributed by atoms with E-state index in [0.29, 0.717) is 6.42 Å². The van der Waals surface area contributed by atoms with Crippen molar-refractivity contribution in [3.63, 3.8) is 0 Å². The van der Waals surface area contributed by atoms with Gasteiger partial charge in [0.1, 0.15) is 0 Å². The quantitative estimate of drug-likeness (QED) is 0.633. The van der Waals surface area contributed by atoms with Gasteiger partial charge in [0.15, 0.2) is 0 Å². The van der Waals surface area contributed by atoms with Crippen LogP contribution in [0.3, 0.4) is 0 Å². The predicted octanol–water partition coefficient (Wildman–Crippen LogP) is 3.61. The molecule has 0 unspecified atom stereocenters. The van der Waals surface area contributed by atoms with Crippen LogP contribution in [-0.4, -0.2) is 18.8 Å². The molecule has 1 aliphatic carbocycles. The lowest BCUT2D eigenvalue weighted by Crippen LogP contribution is -2.13.